The van der Waals surface area contributed by atoms with Gasteiger partial charge in [-0.1, -0.05) is 0 Å². The number of ether oxygens (including phenoxy) is 1. The molecule has 0 bridgehead atoms. The van der Waals surface area contributed by atoms with E-state index in [0.717, 1.165) is 10.8 Å². The molecular weight excluding hydrogens is 226 g/mol. The van der Waals surface area contributed by atoms with Crippen molar-refractivity contribution in [2.24, 2.45) is 0 Å². The van der Waals surface area contributed by atoms with E-state index in [1.54, 1.807) is 18.4 Å². The summed E-state index contributed by atoms with van der Waals surface area (Å²) < 4.78 is 4.83. The van der Waals surface area contributed by atoms with Crippen molar-refractivity contribution in [2.45, 2.75) is 13.8 Å². The summed E-state index contributed by atoms with van der Waals surface area (Å²) in [6.45, 7) is 5.27. The lowest BCUT2D eigenvalue weighted by Crippen LogP contribution is -2.32. The Morgan fingerprint density at radius 1 is 1.50 bits per heavy atom. The van der Waals surface area contributed by atoms with Crippen molar-refractivity contribution in [2.75, 3.05) is 32.1 Å². The van der Waals surface area contributed by atoms with Crippen molar-refractivity contribution in [3.8, 4) is 0 Å². The molecule has 0 spiro atoms. The van der Waals surface area contributed by atoms with Crippen LogP contribution >= 0.6 is 11.3 Å². The van der Waals surface area contributed by atoms with Gasteiger partial charge in [-0.25, -0.2) is 4.98 Å². The average Bonchev–Trinajstić information content (AvgIpc) is 2.56. The number of amides is 1. The summed E-state index contributed by atoms with van der Waals surface area (Å²) in [6.07, 6.45) is 0. The van der Waals surface area contributed by atoms with E-state index in [1.807, 2.05) is 13.8 Å². The maximum atomic E-state index is 11.3. The van der Waals surface area contributed by atoms with Gasteiger partial charge in [-0.2, -0.15) is 0 Å². The standard InChI is InChI=1S/C10H17N3O2S/c1-7-8(2)16-10(13-7)12-6-9(14)11-4-5-15-3/h4-6H2,1-3H3,(H,11,14)(H,12,13). The molecule has 1 aromatic rings. The molecular formula is C10H17N3O2S. The number of carbonyl (C=O) groups is 1. The minimum Gasteiger partial charge on any atom is -0.383 e. The Hall–Kier alpha value is -1.14. The van der Waals surface area contributed by atoms with Gasteiger partial charge in [0.1, 0.15) is 0 Å². The predicted octanol–water partition coefficient (Wildman–Crippen LogP) is 0.934. The van der Waals surface area contributed by atoms with Crippen LogP contribution in [-0.2, 0) is 9.53 Å². The maximum absolute atomic E-state index is 11.3. The number of rotatable bonds is 6. The first kappa shape index (κ1) is 12.9. The second kappa shape index (κ2) is 6.44. The third-order valence-electron chi connectivity index (χ3n) is 2.06. The minimum absolute atomic E-state index is 0.0532. The zero-order valence-electron chi connectivity index (χ0n) is 9.79. The first-order chi connectivity index (χ1) is 7.63. The number of thiazole rings is 1. The van der Waals surface area contributed by atoms with Gasteiger partial charge >= 0.3 is 0 Å². The fourth-order valence-corrected chi connectivity index (χ4v) is 1.87. The summed E-state index contributed by atoms with van der Waals surface area (Å²) in [5, 5.41) is 6.50. The lowest BCUT2D eigenvalue weighted by atomic mass is 10.4. The molecule has 90 valence electrons. The van der Waals surface area contributed by atoms with Crippen LogP contribution in [0.1, 0.15) is 10.6 Å². The summed E-state index contributed by atoms with van der Waals surface area (Å²) >= 11 is 1.56. The molecule has 0 fully saturated rings. The number of anilines is 1. The molecule has 1 aromatic heterocycles. The van der Waals surface area contributed by atoms with E-state index in [0.29, 0.717) is 13.2 Å². The predicted molar refractivity (Wildman–Crippen MR) is 65.0 cm³/mol. The molecule has 0 saturated heterocycles. The fourth-order valence-electron chi connectivity index (χ4n) is 1.06. The zero-order chi connectivity index (χ0) is 12.0. The first-order valence-electron chi connectivity index (χ1n) is 5.07. The number of nitrogens with zero attached hydrogens (tertiary/aromatic N) is 1. The van der Waals surface area contributed by atoms with Crippen LogP contribution in [0.15, 0.2) is 0 Å². The van der Waals surface area contributed by atoms with Gasteiger partial charge in [0.05, 0.1) is 18.8 Å². The van der Waals surface area contributed by atoms with Crippen molar-refractivity contribution >= 4 is 22.4 Å². The van der Waals surface area contributed by atoms with Crippen LogP contribution in [0.4, 0.5) is 5.13 Å². The van der Waals surface area contributed by atoms with Crippen molar-refractivity contribution in [1.82, 2.24) is 10.3 Å². The van der Waals surface area contributed by atoms with Crippen molar-refractivity contribution in [3.05, 3.63) is 10.6 Å². The number of carbonyl (C=O) groups excluding carboxylic acids is 1. The van der Waals surface area contributed by atoms with Gasteiger partial charge in [-0.15, -0.1) is 11.3 Å². The van der Waals surface area contributed by atoms with Crippen molar-refractivity contribution in [3.63, 3.8) is 0 Å². The molecule has 0 aromatic carbocycles. The second-order valence-corrected chi connectivity index (χ2v) is 4.56. The summed E-state index contributed by atoms with van der Waals surface area (Å²) in [5.41, 5.74) is 1.01. The number of hydrogen-bond donors (Lipinski definition) is 2. The number of aryl methyl sites for hydroxylation is 2. The van der Waals surface area contributed by atoms with E-state index in [1.165, 1.54) is 4.88 Å². The quantitative estimate of drug-likeness (QED) is 0.730. The maximum Gasteiger partial charge on any atom is 0.239 e. The van der Waals surface area contributed by atoms with Crippen LogP contribution in [0.3, 0.4) is 0 Å². The summed E-state index contributed by atoms with van der Waals surface area (Å²) in [7, 11) is 1.60. The van der Waals surface area contributed by atoms with Crippen LogP contribution in [-0.4, -0.2) is 37.7 Å². The number of nitrogens with one attached hydrogen (secondary N) is 2. The highest BCUT2D eigenvalue weighted by atomic mass is 32.1. The van der Waals surface area contributed by atoms with E-state index in [2.05, 4.69) is 15.6 Å². The van der Waals surface area contributed by atoms with Gasteiger partial charge in [0.15, 0.2) is 5.13 Å². The number of aromatic nitrogens is 1. The van der Waals surface area contributed by atoms with Crippen LogP contribution in [0.2, 0.25) is 0 Å². The Morgan fingerprint density at radius 2 is 2.25 bits per heavy atom. The van der Waals surface area contributed by atoms with Crippen LogP contribution < -0.4 is 10.6 Å². The molecule has 2 N–H and O–H groups in total. The highest BCUT2D eigenvalue weighted by Crippen LogP contribution is 2.20. The van der Waals surface area contributed by atoms with Gasteiger partial charge in [0, 0.05) is 18.5 Å². The van der Waals surface area contributed by atoms with Gasteiger partial charge in [0.25, 0.3) is 0 Å². The molecule has 16 heavy (non-hydrogen) atoms. The summed E-state index contributed by atoms with van der Waals surface area (Å²) in [4.78, 5) is 16.8. The zero-order valence-corrected chi connectivity index (χ0v) is 10.6. The lowest BCUT2D eigenvalue weighted by molar-refractivity contribution is -0.119. The molecule has 1 heterocycles. The van der Waals surface area contributed by atoms with Gasteiger partial charge in [-0.3, -0.25) is 4.79 Å². The first-order valence-corrected chi connectivity index (χ1v) is 5.88. The Labute approximate surface area is 99.2 Å². The topological polar surface area (TPSA) is 63.2 Å². The third kappa shape index (κ3) is 4.16. The van der Waals surface area contributed by atoms with Crippen LogP contribution in [0, 0.1) is 13.8 Å². The molecule has 0 radical (unpaired) electrons. The van der Waals surface area contributed by atoms with E-state index >= 15 is 0 Å². The number of methoxy groups -OCH3 is 1. The van der Waals surface area contributed by atoms with E-state index < -0.39 is 0 Å². The molecule has 0 aliphatic carbocycles. The van der Waals surface area contributed by atoms with E-state index in [9.17, 15) is 4.79 Å². The highest BCUT2D eigenvalue weighted by Gasteiger charge is 2.05. The molecule has 1 amide bonds. The van der Waals surface area contributed by atoms with Crippen LogP contribution in [0.25, 0.3) is 0 Å². The number of hydrogen-bond acceptors (Lipinski definition) is 5. The van der Waals surface area contributed by atoms with Gasteiger partial charge in [0.2, 0.25) is 5.91 Å². The SMILES string of the molecule is COCCNC(=O)CNc1nc(C)c(C)s1. The second-order valence-electron chi connectivity index (χ2n) is 3.36. The van der Waals surface area contributed by atoms with Gasteiger partial charge in [-0.05, 0) is 13.8 Å². The summed E-state index contributed by atoms with van der Waals surface area (Å²) in [6, 6.07) is 0. The molecule has 5 nitrogen and oxygen atoms in total. The normalized spacial score (nSPS) is 10.2. The Morgan fingerprint density at radius 3 is 2.81 bits per heavy atom. The molecule has 0 unspecified atom stereocenters. The molecule has 1 rings (SSSR count). The largest absolute Gasteiger partial charge is 0.383 e. The Kier molecular flexibility index (Phi) is 5.21. The molecule has 0 saturated carbocycles. The smallest absolute Gasteiger partial charge is 0.239 e. The Bertz CT molecular complexity index is 332. The van der Waals surface area contributed by atoms with Gasteiger partial charge < -0.3 is 15.4 Å². The van der Waals surface area contributed by atoms with E-state index in [4.69, 9.17) is 4.74 Å². The van der Waals surface area contributed by atoms with E-state index in [-0.39, 0.29) is 12.5 Å². The lowest BCUT2D eigenvalue weighted by Gasteiger charge is -2.04. The van der Waals surface area contributed by atoms with Crippen molar-refractivity contribution in [1.29, 1.82) is 0 Å². The summed E-state index contributed by atoms with van der Waals surface area (Å²) in [5.74, 6) is -0.0532. The molecule has 6 heteroatoms. The fraction of sp³-hybridized carbons (Fsp3) is 0.600. The van der Waals surface area contributed by atoms with Crippen LogP contribution in [0.5, 0.6) is 0 Å². The third-order valence-corrected chi connectivity index (χ3v) is 3.09. The molecule has 0 aliphatic heterocycles. The molecule has 0 aliphatic rings. The highest BCUT2D eigenvalue weighted by molar-refractivity contribution is 7.15. The van der Waals surface area contributed by atoms with Crippen molar-refractivity contribution < 1.29 is 9.53 Å². The minimum atomic E-state index is -0.0532. The Balaban J connectivity index is 2.26. The average molecular weight is 243 g/mol. The molecule has 0 atom stereocenters. The monoisotopic (exact) mass is 243 g/mol.